The lowest BCUT2D eigenvalue weighted by Gasteiger charge is -2.16. The summed E-state index contributed by atoms with van der Waals surface area (Å²) in [6.07, 6.45) is 0. The van der Waals surface area contributed by atoms with Crippen LogP contribution in [0.5, 0.6) is 11.5 Å². The van der Waals surface area contributed by atoms with E-state index < -0.39 is 0 Å². The Kier molecular flexibility index (Phi) is 7.22. The van der Waals surface area contributed by atoms with E-state index >= 15 is 0 Å². The molecule has 2 aromatic carbocycles. The minimum atomic E-state index is 0.361. The molecule has 2 rings (SSSR count). The molecule has 2 aromatic rings. The molecule has 5 heteroatoms. The highest BCUT2D eigenvalue weighted by Crippen LogP contribution is 2.34. The number of nitrogens with one attached hydrogen (secondary N) is 1. The predicted octanol–water partition coefficient (Wildman–Crippen LogP) is 5.47. The molecule has 0 bridgehead atoms. The molecule has 0 radical (unpaired) electrons. The largest absolute Gasteiger partial charge is 0.490 e. The zero-order valence-electron chi connectivity index (χ0n) is 14.2. The number of hydrogen-bond acceptors (Lipinski definition) is 3. The van der Waals surface area contributed by atoms with Crippen LogP contribution in [0.1, 0.15) is 31.9 Å². The fraction of sp³-hybridized carbons (Fsp3) is 0.368. The van der Waals surface area contributed by atoms with E-state index in [0.29, 0.717) is 47.3 Å². The fourth-order valence-corrected chi connectivity index (χ4v) is 2.59. The van der Waals surface area contributed by atoms with Gasteiger partial charge >= 0.3 is 0 Å². The SMILES string of the molecule is CCOc1cc(CNC(C)C)c(Cl)cc1OCc1ccccc1Cl. The van der Waals surface area contributed by atoms with E-state index in [4.69, 9.17) is 32.7 Å². The van der Waals surface area contributed by atoms with Gasteiger partial charge in [0.1, 0.15) is 6.61 Å². The lowest BCUT2D eigenvalue weighted by atomic mass is 10.2. The van der Waals surface area contributed by atoms with Gasteiger partial charge in [0.15, 0.2) is 11.5 Å². The van der Waals surface area contributed by atoms with E-state index in [1.54, 1.807) is 6.07 Å². The van der Waals surface area contributed by atoms with Crippen molar-refractivity contribution in [3.8, 4) is 11.5 Å². The van der Waals surface area contributed by atoms with Gasteiger partial charge in [-0.25, -0.2) is 0 Å². The van der Waals surface area contributed by atoms with Gasteiger partial charge < -0.3 is 14.8 Å². The van der Waals surface area contributed by atoms with Crippen LogP contribution in [-0.4, -0.2) is 12.6 Å². The summed E-state index contributed by atoms with van der Waals surface area (Å²) in [6.45, 7) is 7.73. The van der Waals surface area contributed by atoms with Gasteiger partial charge in [-0.1, -0.05) is 55.2 Å². The third-order valence-corrected chi connectivity index (χ3v) is 4.17. The van der Waals surface area contributed by atoms with Gasteiger partial charge in [-0.3, -0.25) is 0 Å². The maximum atomic E-state index is 6.40. The van der Waals surface area contributed by atoms with Crippen molar-refractivity contribution in [1.82, 2.24) is 5.32 Å². The second-order valence-corrected chi connectivity index (χ2v) is 6.55. The van der Waals surface area contributed by atoms with Crippen molar-refractivity contribution in [2.75, 3.05) is 6.61 Å². The molecule has 0 saturated heterocycles. The molecule has 0 fully saturated rings. The molecule has 24 heavy (non-hydrogen) atoms. The number of benzene rings is 2. The Morgan fingerprint density at radius 2 is 1.67 bits per heavy atom. The number of ether oxygens (including phenoxy) is 2. The zero-order valence-corrected chi connectivity index (χ0v) is 15.7. The molecule has 0 atom stereocenters. The van der Waals surface area contributed by atoms with Crippen molar-refractivity contribution < 1.29 is 9.47 Å². The highest BCUT2D eigenvalue weighted by Gasteiger charge is 2.12. The molecular formula is C19H23Cl2NO2. The number of rotatable bonds is 8. The maximum absolute atomic E-state index is 6.40. The molecule has 3 nitrogen and oxygen atoms in total. The van der Waals surface area contributed by atoms with E-state index in [-0.39, 0.29) is 0 Å². The molecule has 0 aliphatic heterocycles. The summed E-state index contributed by atoms with van der Waals surface area (Å²) in [7, 11) is 0. The smallest absolute Gasteiger partial charge is 0.163 e. The van der Waals surface area contributed by atoms with Crippen molar-refractivity contribution in [1.29, 1.82) is 0 Å². The van der Waals surface area contributed by atoms with Crippen LogP contribution in [0.3, 0.4) is 0 Å². The molecule has 0 aliphatic rings. The Balaban J connectivity index is 2.18. The summed E-state index contributed by atoms with van der Waals surface area (Å²) in [5.41, 5.74) is 1.90. The Labute approximate surface area is 153 Å². The van der Waals surface area contributed by atoms with Crippen LogP contribution < -0.4 is 14.8 Å². The maximum Gasteiger partial charge on any atom is 0.163 e. The standard InChI is InChI=1S/C19H23Cl2NO2/c1-4-23-18-9-15(11-22-13(2)3)17(21)10-19(18)24-12-14-7-5-6-8-16(14)20/h5-10,13,22H,4,11-12H2,1-3H3. The van der Waals surface area contributed by atoms with Crippen LogP contribution in [0.4, 0.5) is 0 Å². The summed E-state index contributed by atoms with van der Waals surface area (Å²) >= 11 is 12.6. The third kappa shape index (κ3) is 5.30. The number of halogens is 2. The Morgan fingerprint density at radius 1 is 0.958 bits per heavy atom. The summed E-state index contributed by atoms with van der Waals surface area (Å²) in [6, 6.07) is 11.7. The van der Waals surface area contributed by atoms with E-state index in [0.717, 1.165) is 11.1 Å². The van der Waals surface area contributed by atoms with E-state index in [1.807, 2.05) is 37.3 Å². The van der Waals surface area contributed by atoms with E-state index in [1.165, 1.54) is 0 Å². The fourth-order valence-electron chi connectivity index (χ4n) is 2.18. The first kappa shape index (κ1) is 18.9. The van der Waals surface area contributed by atoms with Gasteiger partial charge in [-0.15, -0.1) is 0 Å². The van der Waals surface area contributed by atoms with Crippen molar-refractivity contribution in [3.63, 3.8) is 0 Å². The summed E-state index contributed by atoms with van der Waals surface area (Å²) in [5, 5.41) is 4.69. The molecule has 0 unspecified atom stereocenters. The monoisotopic (exact) mass is 367 g/mol. The van der Waals surface area contributed by atoms with Crippen LogP contribution in [0.2, 0.25) is 10.0 Å². The quantitative estimate of drug-likeness (QED) is 0.670. The van der Waals surface area contributed by atoms with Gasteiger partial charge in [0.2, 0.25) is 0 Å². The first-order valence-corrected chi connectivity index (χ1v) is 8.81. The van der Waals surface area contributed by atoms with Crippen LogP contribution in [0.25, 0.3) is 0 Å². The minimum absolute atomic E-state index is 0.361. The van der Waals surface area contributed by atoms with Gasteiger partial charge in [-0.2, -0.15) is 0 Å². The molecular weight excluding hydrogens is 345 g/mol. The normalized spacial score (nSPS) is 10.9. The second kappa shape index (κ2) is 9.16. The lowest BCUT2D eigenvalue weighted by molar-refractivity contribution is 0.269. The van der Waals surface area contributed by atoms with E-state index in [2.05, 4.69) is 19.2 Å². The molecule has 0 aromatic heterocycles. The van der Waals surface area contributed by atoms with Crippen LogP contribution >= 0.6 is 23.2 Å². The first-order valence-electron chi connectivity index (χ1n) is 8.06. The highest BCUT2D eigenvalue weighted by molar-refractivity contribution is 6.31. The van der Waals surface area contributed by atoms with Crippen molar-refractivity contribution >= 4 is 23.2 Å². The average Bonchev–Trinajstić information content (AvgIpc) is 2.55. The number of hydrogen-bond donors (Lipinski definition) is 1. The first-order chi connectivity index (χ1) is 11.5. The van der Waals surface area contributed by atoms with Gasteiger partial charge in [0, 0.05) is 34.3 Å². The van der Waals surface area contributed by atoms with Crippen LogP contribution in [0.15, 0.2) is 36.4 Å². The van der Waals surface area contributed by atoms with Gasteiger partial charge in [0.25, 0.3) is 0 Å². The Morgan fingerprint density at radius 3 is 2.33 bits per heavy atom. The Hall–Kier alpha value is -1.42. The summed E-state index contributed by atoms with van der Waals surface area (Å²) in [5.74, 6) is 1.31. The molecule has 0 amide bonds. The molecule has 0 saturated carbocycles. The summed E-state index contributed by atoms with van der Waals surface area (Å²) < 4.78 is 11.6. The third-order valence-electron chi connectivity index (χ3n) is 3.45. The molecule has 130 valence electrons. The highest BCUT2D eigenvalue weighted by atomic mass is 35.5. The van der Waals surface area contributed by atoms with Gasteiger partial charge in [-0.05, 0) is 24.6 Å². The second-order valence-electron chi connectivity index (χ2n) is 5.74. The van der Waals surface area contributed by atoms with Crippen molar-refractivity contribution in [2.45, 2.75) is 40.0 Å². The van der Waals surface area contributed by atoms with Crippen LogP contribution in [-0.2, 0) is 13.2 Å². The predicted molar refractivity (Wildman–Crippen MR) is 100 cm³/mol. The van der Waals surface area contributed by atoms with Gasteiger partial charge in [0.05, 0.1) is 6.61 Å². The van der Waals surface area contributed by atoms with Crippen LogP contribution in [0, 0.1) is 0 Å². The van der Waals surface area contributed by atoms with Crippen molar-refractivity contribution in [2.24, 2.45) is 0 Å². The zero-order chi connectivity index (χ0) is 17.5. The van der Waals surface area contributed by atoms with E-state index in [9.17, 15) is 0 Å². The lowest BCUT2D eigenvalue weighted by Crippen LogP contribution is -2.22. The molecule has 0 aliphatic carbocycles. The summed E-state index contributed by atoms with van der Waals surface area (Å²) in [4.78, 5) is 0. The topological polar surface area (TPSA) is 30.5 Å². The molecule has 1 N–H and O–H groups in total. The minimum Gasteiger partial charge on any atom is -0.490 e. The van der Waals surface area contributed by atoms with Crippen molar-refractivity contribution in [3.05, 3.63) is 57.6 Å². The molecule has 0 heterocycles. The Bertz CT molecular complexity index is 674. The molecule has 0 spiro atoms. The average molecular weight is 368 g/mol.